The Hall–Kier alpha value is -1.22. The molecule has 15 atom stereocenters. The van der Waals surface area contributed by atoms with E-state index in [-0.39, 0.29) is 6.42 Å². The summed E-state index contributed by atoms with van der Waals surface area (Å²) in [6, 6.07) is 0. The summed E-state index contributed by atoms with van der Waals surface area (Å²) >= 11 is 0. The number of Topliss-reactive ketones (excluding diaryl/α,β-unsaturated/α-hetero) is 1. The highest BCUT2D eigenvalue weighted by Gasteiger charge is 2.49. The average molecular weight is 565 g/mol. The van der Waals surface area contributed by atoms with Crippen LogP contribution in [0.4, 0.5) is 0 Å². The summed E-state index contributed by atoms with van der Waals surface area (Å²) in [7, 11) is 0. The fraction of sp³-hybridized carbons (Fsp3) is 0.926. The van der Waals surface area contributed by atoms with Crippen LogP contribution in [0.15, 0.2) is 0 Å². The van der Waals surface area contributed by atoms with Gasteiger partial charge in [0.05, 0.1) is 36.9 Å². The number of ketones is 1. The topological polar surface area (TPSA) is 203 Å². The van der Waals surface area contributed by atoms with Gasteiger partial charge in [0.25, 0.3) is 0 Å². The molecule has 7 N–H and O–H groups in total. The van der Waals surface area contributed by atoms with E-state index in [1.54, 1.807) is 27.7 Å². The van der Waals surface area contributed by atoms with Crippen molar-refractivity contribution in [3.63, 3.8) is 0 Å². The van der Waals surface area contributed by atoms with E-state index in [0.717, 1.165) is 0 Å². The van der Waals surface area contributed by atoms with Crippen LogP contribution >= 0.6 is 0 Å². The Kier molecular flexibility index (Phi) is 11.9. The van der Waals surface area contributed by atoms with Gasteiger partial charge >= 0.3 is 5.97 Å². The molecule has 39 heavy (non-hydrogen) atoms. The summed E-state index contributed by atoms with van der Waals surface area (Å²) in [5, 5.41) is 74.2. The second kappa shape index (κ2) is 13.6. The second-order valence-corrected chi connectivity index (χ2v) is 11.7. The summed E-state index contributed by atoms with van der Waals surface area (Å²) in [4.78, 5) is 26.6. The maximum atomic E-state index is 13.4. The minimum Gasteiger partial charge on any atom is -0.462 e. The Balaban J connectivity index is 2.52. The molecule has 0 saturated carbocycles. The quantitative estimate of drug-likeness (QED) is 0.208. The third-order valence-electron chi connectivity index (χ3n) is 8.70. The van der Waals surface area contributed by atoms with Gasteiger partial charge in [0.2, 0.25) is 0 Å². The maximum absolute atomic E-state index is 13.4. The van der Waals surface area contributed by atoms with E-state index in [9.17, 15) is 45.3 Å². The van der Waals surface area contributed by atoms with Crippen LogP contribution in [-0.4, -0.2) is 115 Å². The highest BCUT2D eigenvalue weighted by Crippen LogP contribution is 2.35. The summed E-state index contributed by atoms with van der Waals surface area (Å²) in [5.74, 6) is -6.01. The van der Waals surface area contributed by atoms with Crippen molar-refractivity contribution in [1.82, 2.24) is 0 Å². The van der Waals surface area contributed by atoms with Crippen molar-refractivity contribution in [2.75, 3.05) is 6.61 Å². The van der Waals surface area contributed by atoms with Crippen molar-refractivity contribution >= 4 is 11.8 Å². The van der Waals surface area contributed by atoms with Crippen LogP contribution in [0.25, 0.3) is 0 Å². The van der Waals surface area contributed by atoms with Crippen molar-refractivity contribution in [3.05, 3.63) is 0 Å². The summed E-state index contributed by atoms with van der Waals surface area (Å²) in [6.45, 7) is 10.0. The molecule has 6 unspecified atom stereocenters. The van der Waals surface area contributed by atoms with Crippen LogP contribution in [0.1, 0.15) is 61.3 Å². The first-order chi connectivity index (χ1) is 18.0. The predicted octanol–water partition coefficient (Wildman–Crippen LogP) is -0.881. The number of hydrogen-bond donors (Lipinski definition) is 7. The molecule has 2 rings (SSSR count). The van der Waals surface area contributed by atoms with E-state index >= 15 is 0 Å². The largest absolute Gasteiger partial charge is 0.462 e. The highest BCUT2D eigenvalue weighted by atomic mass is 16.7. The molecule has 2 saturated heterocycles. The molecule has 0 spiro atoms. The number of aliphatic hydroxyl groups excluding tert-OH is 6. The number of cyclic esters (lactones) is 1. The van der Waals surface area contributed by atoms with Crippen LogP contribution in [0, 0.1) is 29.6 Å². The molecule has 228 valence electrons. The molecule has 2 aliphatic rings. The Labute approximate surface area is 229 Å². The molecule has 12 heteroatoms. The molecular formula is C27H48O12. The zero-order chi connectivity index (χ0) is 30.0. The predicted molar refractivity (Wildman–Crippen MR) is 137 cm³/mol. The van der Waals surface area contributed by atoms with Gasteiger partial charge in [0, 0.05) is 17.8 Å². The van der Waals surface area contributed by atoms with E-state index in [0.29, 0.717) is 6.42 Å². The molecule has 0 aromatic heterocycles. The minimum absolute atomic E-state index is 0.300. The van der Waals surface area contributed by atoms with Gasteiger partial charge in [-0.2, -0.15) is 0 Å². The van der Waals surface area contributed by atoms with Gasteiger partial charge in [0.1, 0.15) is 30.0 Å². The van der Waals surface area contributed by atoms with E-state index in [4.69, 9.17) is 14.2 Å². The molecule has 0 amide bonds. The summed E-state index contributed by atoms with van der Waals surface area (Å²) < 4.78 is 17.3. The maximum Gasteiger partial charge on any atom is 0.311 e. The normalized spacial score (nSPS) is 49.3. The molecule has 2 aliphatic heterocycles. The molecule has 0 aromatic carbocycles. The number of carbonyl (C=O) groups excluding carboxylic acids is 2. The number of esters is 1. The minimum atomic E-state index is -2.25. The third-order valence-corrected chi connectivity index (χ3v) is 8.70. The van der Waals surface area contributed by atoms with Gasteiger partial charge in [-0.25, -0.2) is 0 Å². The lowest BCUT2D eigenvalue weighted by Crippen LogP contribution is -2.59. The molecular weight excluding hydrogens is 516 g/mol. The lowest BCUT2D eigenvalue weighted by Gasteiger charge is -2.43. The fourth-order valence-corrected chi connectivity index (χ4v) is 5.79. The molecule has 0 aromatic rings. The number of aliphatic hydroxyl groups is 7. The Morgan fingerprint density at radius 1 is 0.846 bits per heavy atom. The first-order valence-corrected chi connectivity index (χ1v) is 13.8. The van der Waals surface area contributed by atoms with Gasteiger partial charge in [-0.15, -0.1) is 0 Å². The van der Waals surface area contributed by atoms with Gasteiger partial charge in [-0.05, 0) is 32.6 Å². The molecule has 0 aliphatic carbocycles. The van der Waals surface area contributed by atoms with Crippen LogP contribution in [0.3, 0.4) is 0 Å². The summed E-state index contributed by atoms with van der Waals surface area (Å²) in [6.07, 6.45) is -11.6. The number of rotatable bonds is 4. The number of hydrogen-bond acceptors (Lipinski definition) is 12. The molecule has 0 radical (unpaired) electrons. The lowest BCUT2D eigenvalue weighted by molar-refractivity contribution is -0.313. The SMILES string of the molecule is CC[C@H]1OC(=O)[C@H](C)[C@@H](OC2OC(C)C(O)C(O)C2O)[C@H](C)[C@@H](O)[C@@H](C)CC(O)(CO)C(=O)[C@H](C)[C@@H](O)[C@H]1C. The second-order valence-electron chi connectivity index (χ2n) is 11.7. The zero-order valence-corrected chi connectivity index (χ0v) is 23.9. The Morgan fingerprint density at radius 3 is 1.97 bits per heavy atom. The number of carbonyl (C=O) groups is 2. The van der Waals surface area contributed by atoms with Crippen molar-refractivity contribution < 1.29 is 59.5 Å². The van der Waals surface area contributed by atoms with E-state index < -0.39 is 109 Å². The van der Waals surface area contributed by atoms with E-state index in [1.165, 1.54) is 20.8 Å². The monoisotopic (exact) mass is 564 g/mol. The molecule has 12 nitrogen and oxygen atoms in total. The van der Waals surface area contributed by atoms with E-state index in [1.807, 2.05) is 0 Å². The third kappa shape index (κ3) is 7.17. The number of ether oxygens (including phenoxy) is 3. The first kappa shape index (κ1) is 34.0. The summed E-state index contributed by atoms with van der Waals surface area (Å²) in [5.41, 5.74) is -2.25. The van der Waals surface area contributed by atoms with Crippen LogP contribution in [-0.2, 0) is 23.8 Å². The van der Waals surface area contributed by atoms with Crippen LogP contribution < -0.4 is 0 Å². The van der Waals surface area contributed by atoms with Crippen LogP contribution in [0.2, 0.25) is 0 Å². The highest BCUT2D eigenvalue weighted by molar-refractivity contribution is 5.89. The fourth-order valence-electron chi connectivity index (χ4n) is 5.79. The van der Waals surface area contributed by atoms with Crippen molar-refractivity contribution in [2.45, 2.75) is 122 Å². The van der Waals surface area contributed by atoms with Crippen molar-refractivity contribution in [3.8, 4) is 0 Å². The van der Waals surface area contributed by atoms with Crippen LogP contribution in [0.5, 0.6) is 0 Å². The standard InChI is InChI=1S/C27H48O12/c1-8-17-12(3)19(30)14(5)24(34)27(36,10-28)9-11(2)18(29)13(4)23(15(6)25(35)38-17)39-26-22(33)21(32)20(31)16(7)37-26/h11-23,26,28-33,36H,8-10H2,1-7H3/t11-,12-,13+,14+,15+,16?,17+,18-,19-,20?,21?,22?,23-,26?,27?/m0/s1. The van der Waals surface area contributed by atoms with Gasteiger partial charge in [-0.3, -0.25) is 9.59 Å². The van der Waals surface area contributed by atoms with E-state index in [2.05, 4.69) is 0 Å². The molecule has 2 fully saturated rings. The van der Waals surface area contributed by atoms with Crippen molar-refractivity contribution in [1.29, 1.82) is 0 Å². The zero-order valence-electron chi connectivity index (χ0n) is 23.9. The Morgan fingerprint density at radius 2 is 1.44 bits per heavy atom. The molecule has 0 bridgehead atoms. The lowest BCUT2D eigenvalue weighted by atomic mass is 9.74. The van der Waals surface area contributed by atoms with Gasteiger partial charge in [0.15, 0.2) is 12.1 Å². The van der Waals surface area contributed by atoms with Gasteiger partial charge in [-0.1, -0.05) is 34.6 Å². The first-order valence-electron chi connectivity index (χ1n) is 13.8. The average Bonchev–Trinajstić information content (AvgIpc) is 2.92. The Bertz CT molecular complexity index is 825. The smallest absolute Gasteiger partial charge is 0.311 e. The van der Waals surface area contributed by atoms with Crippen molar-refractivity contribution in [2.24, 2.45) is 29.6 Å². The molecule has 2 heterocycles. The van der Waals surface area contributed by atoms with Gasteiger partial charge < -0.3 is 50.0 Å².